The standard InChI is InChI=1S/C8H8BrNO/c9-6-1-2-7-5(8(6)11)3-4-10-7/h3-4,6,10H,1-2H2. The summed E-state index contributed by atoms with van der Waals surface area (Å²) >= 11 is 3.34. The predicted octanol–water partition coefficient (Wildman–Crippen LogP) is 1.91. The molecule has 1 aliphatic carbocycles. The summed E-state index contributed by atoms with van der Waals surface area (Å²) in [6.45, 7) is 0. The molecule has 0 saturated carbocycles. The van der Waals surface area contributed by atoms with Crippen LogP contribution in [0.1, 0.15) is 22.5 Å². The van der Waals surface area contributed by atoms with Crippen molar-refractivity contribution in [2.24, 2.45) is 0 Å². The summed E-state index contributed by atoms with van der Waals surface area (Å²) in [5, 5.41) is 0. The highest BCUT2D eigenvalue weighted by Crippen LogP contribution is 2.24. The van der Waals surface area contributed by atoms with Gasteiger partial charge in [0, 0.05) is 17.5 Å². The molecule has 1 N–H and O–H groups in total. The first kappa shape index (κ1) is 7.10. The summed E-state index contributed by atoms with van der Waals surface area (Å²) < 4.78 is 0. The molecule has 0 radical (unpaired) electrons. The van der Waals surface area contributed by atoms with Gasteiger partial charge in [-0.25, -0.2) is 0 Å². The molecule has 1 aliphatic rings. The molecule has 2 nitrogen and oxygen atoms in total. The fourth-order valence-corrected chi connectivity index (χ4v) is 1.89. The van der Waals surface area contributed by atoms with Crippen LogP contribution in [0.2, 0.25) is 0 Å². The summed E-state index contributed by atoms with van der Waals surface area (Å²) in [7, 11) is 0. The van der Waals surface area contributed by atoms with Crippen molar-refractivity contribution in [3.8, 4) is 0 Å². The Morgan fingerprint density at radius 1 is 1.64 bits per heavy atom. The van der Waals surface area contributed by atoms with Gasteiger partial charge in [-0.3, -0.25) is 4.79 Å². The second-order valence-electron chi connectivity index (χ2n) is 2.74. The van der Waals surface area contributed by atoms with E-state index in [4.69, 9.17) is 0 Å². The van der Waals surface area contributed by atoms with Crippen LogP contribution in [0.5, 0.6) is 0 Å². The fourth-order valence-electron chi connectivity index (χ4n) is 1.41. The van der Waals surface area contributed by atoms with Crippen LogP contribution in [0, 0.1) is 0 Å². The van der Waals surface area contributed by atoms with Gasteiger partial charge in [-0.05, 0) is 18.9 Å². The van der Waals surface area contributed by atoms with Crippen LogP contribution in [-0.4, -0.2) is 15.6 Å². The molecule has 58 valence electrons. The molecule has 0 spiro atoms. The maximum absolute atomic E-state index is 11.4. The van der Waals surface area contributed by atoms with E-state index in [-0.39, 0.29) is 10.6 Å². The number of fused-ring (bicyclic) bond motifs is 1. The van der Waals surface area contributed by atoms with Crippen molar-refractivity contribution < 1.29 is 4.79 Å². The van der Waals surface area contributed by atoms with Crippen LogP contribution in [-0.2, 0) is 6.42 Å². The average Bonchev–Trinajstić information content (AvgIpc) is 2.45. The van der Waals surface area contributed by atoms with Crippen molar-refractivity contribution >= 4 is 21.7 Å². The Labute approximate surface area is 73.1 Å². The van der Waals surface area contributed by atoms with E-state index in [1.54, 1.807) is 0 Å². The van der Waals surface area contributed by atoms with Crippen molar-refractivity contribution in [3.05, 3.63) is 23.5 Å². The van der Waals surface area contributed by atoms with Gasteiger partial charge in [-0.1, -0.05) is 15.9 Å². The van der Waals surface area contributed by atoms with Gasteiger partial charge in [0.15, 0.2) is 5.78 Å². The van der Waals surface area contributed by atoms with E-state index < -0.39 is 0 Å². The molecule has 1 unspecified atom stereocenters. The highest BCUT2D eigenvalue weighted by molar-refractivity contribution is 9.10. The minimum Gasteiger partial charge on any atom is -0.364 e. The highest BCUT2D eigenvalue weighted by Gasteiger charge is 2.25. The molecule has 1 atom stereocenters. The van der Waals surface area contributed by atoms with Crippen molar-refractivity contribution in [2.75, 3.05) is 0 Å². The van der Waals surface area contributed by atoms with Crippen LogP contribution >= 0.6 is 15.9 Å². The summed E-state index contributed by atoms with van der Waals surface area (Å²) in [6, 6.07) is 1.85. The molecule has 0 saturated heterocycles. The Bertz CT molecular complexity index is 292. The normalized spacial score (nSPS) is 23.4. The van der Waals surface area contributed by atoms with Gasteiger partial charge in [-0.15, -0.1) is 0 Å². The maximum atomic E-state index is 11.4. The van der Waals surface area contributed by atoms with Gasteiger partial charge in [-0.2, -0.15) is 0 Å². The fraction of sp³-hybridized carbons (Fsp3) is 0.375. The lowest BCUT2D eigenvalue weighted by molar-refractivity contribution is 0.0981. The van der Waals surface area contributed by atoms with Gasteiger partial charge in [0.25, 0.3) is 0 Å². The number of hydrogen-bond donors (Lipinski definition) is 1. The van der Waals surface area contributed by atoms with E-state index in [1.807, 2.05) is 12.3 Å². The number of alkyl halides is 1. The number of ketones is 1. The highest BCUT2D eigenvalue weighted by atomic mass is 79.9. The minimum absolute atomic E-state index is 0.0331. The summed E-state index contributed by atoms with van der Waals surface area (Å²) in [5.41, 5.74) is 1.95. The minimum atomic E-state index is 0.0331. The number of aryl methyl sites for hydroxylation is 1. The number of aromatic nitrogens is 1. The summed E-state index contributed by atoms with van der Waals surface area (Å²) in [5.74, 6) is 0.215. The number of Topliss-reactive ketones (excluding diaryl/α,β-unsaturated/α-hetero) is 1. The van der Waals surface area contributed by atoms with E-state index in [0.717, 1.165) is 24.1 Å². The maximum Gasteiger partial charge on any atom is 0.178 e. The number of carbonyl (C=O) groups is 1. The van der Waals surface area contributed by atoms with Gasteiger partial charge >= 0.3 is 0 Å². The van der Waals surface area contributed by atoms with Crippen molar-refractivity contribution in [1.29, 1.82) is 0 Å². The molecular weight excluding hydrogens is 206 g/mol. The molecule has 0 fully saturated rings. The van der Waals surface area contributed by atoms with E-state index >= 15 is 0 Å². The Kier molecular flexibility index (Phi) is 1.60. The second-order valence-corrected chi connectivity index (χ2v) is 3.85. The number of aromatic amines is 1. The lowest BCUT2D eigenvalue weighted by Crippen LogP contribution is -2.21. The lowest BCUT2D eigenvalue weighted by atomic mass is 9.97. The number of carbonyl (C=O) groups excluding carboxylic acids is 1. The quantitative estimate of drug-likeness (QED) is 0.657. The molecule has 11 heavy (non-hydrogen) atoms. The second kappa shape index (κ2) is 2.48. The zero-order chi connectivity index (χ0) is 7.84. The Balaban J connectivity index is 2.46. The number of H-pyrrole nitrogens is 1. The monoisotopic (exact) mass is 213 g/mol. The third-order valence-electron chi connectivity index (χ3n) is 2.03. The summed E-state index contributed by atoms with van der Waals surface area (Å²) in [6.07, 6.45) is 3.71. The first-order valence-electron chi connectivity index (χ1n) is 3.63. The number of halogens is 1. The van der Waals surface area contributed by atoms with Gasteiger partial charge in [0.2, 0.25) is 0 Å². The van der Waals surface area contributed by atoms with Crippen LogP contribution in [0.15, 0.2) is 12.3 Å². The first-order valence-corrected chi connectivity index (χ1v) is 4.55. The average molecular weight is 214 g/mol. The van der Waals surface area contributed by atoms with Gasteiger partial charge in [0.1, 0.15) is 0 Å². The summed E-state index contributed by atoms with van der Waals surface area (Å²) in [4.78, 5) is 14.5. The molecular formula is C8H8BrNO. The van der Waals surface area contributed by atoms with E-state index in [9.17, 15) is 4.79 Å². The number of nitrogens with one attached hydrogen (secondary N) is 1. The third kappa shape index (κ3) is 1.03. The number of rotatable bonds is 0. The molecule has 1 aromatic heterocycles. The topological polar surface area (TPSA) is 32.9 Å². The SMILES string of the molecule is O=C1c2cc[nH]c2CCC1Br. The van der Waals surface area contributed by atoms with Crippen molar-refractivity contribution in [3.63, 3.8) is 0 Å². The van der Waals surface area contributed by atoms with Crippen molar-refractivity contribution in [1.82, 2.24) is 4.98 Å². The van der Waals surface area contributed by atoms with Crippen molar-refractivity contribution in [2.45, 2.75) is 17.7 Å². The molecule has 2 rings (SSSR count). The number of hydrogen-bond acceptors (Lipinski definition) is 1. The van der Waals surface area contributed by atoms with Gasteiger partial charge in [0.05, 0.1) is 4.83 Å². The van der Waals surface area contributed by atoms with Crippen LogP contribution < -0.4 is 0 Å². The zero-order valence-corrected chi connectivity index (χ0v) is 7.52. The molecule has 1 aromatic rings. The van der Waals surface area contributed by atoms with E-state index in [1.165, 1.54) is 0 Å². The third-order valence-corrected chi connectivity index (χ3v) is 2.90. The molecule has 3 heteroatoms. The lowest BCUT2D eigenvalue weighted by Gasteiger charge is -2.14. The van der Waals surface area contributed by atoms with Crippen LogP contribution in [0.4, 0.5) is 0 Å². The molecule has 0 aromatic carbocycles. The zero-order valence-electron chi connectivity index (χ0n) is 5.93. The predicted molar refractivity (Wildman–Crippen MR) is 46.2 cm³/mol. The van der Waals surface area contributed by atoms with Crippen LogP contribution in [0.25, 0.3) is 0 Å². The molecule has 0 bridgehead atoms. The molecule has 0 amide bonds. The molecule has 1 heterocycles. The van der Waals surface area contributed by atoms with Gasteiger partial charge < -0.3 is 4.98 Å². The van der Waals surface area contributed by atoms with E-state index in [2.05, 4.69) is 20.9 Å². The molecule has 0 aliphatic heterocycles. The largest absolute Gasteiger partial charge is 0.364 e. The smallest absolute Gasteiger partial charge is 0.178 e. The Hall–Kier alpha value is -0.570. The first-order chi connectivity index (χ1) is 5.29. The van der Waals surface area contributed by atoms with Crippen LogP contribution in [0.3, 0.4) is 0 Å². The van der Waals surface area contributed by atoms with E-state index in [0.29, 0.717) is 0 Å². The Morgan fingerprint density at radius 2 is 2.45 bits per heavy atom. The Morgan fingerprint density at radius 3 is 3.27 bits per heavy atom.